The second-order valence-corrected chi connectivity index (χ2v) is 3.20. The summed E-state index contributed by atoms with van der Waals surface area (Å²) in [5.41, 5.74) is 1.16. The Labute approximate surface area is 85.9 Å². The van der Waals surface area contributed by atoms with Crippen molar-refractivity contribution in [2.45, 2.75) is 6.54 Å². The van der Waals surface area contributed by atoms with Crippen LogP contribution in [0.15, 0.2) is 36.7 Å². The van der Waals surface area contributed by atoms with Gasteiger partial charge in [-0.2, -0.15) is 0 Å². The second-order valence-electron chi connectivity index (χ2n) is 3.20. The number of benzene rings is 1. The second kappa shape index (κ2) is 4.13. The fourth-order valence-corrected chi connectivity index (χ4v) is 1.30. The molecule has 0 saturated carbocycles. The zero-order valence-corrected chi connectivity index (χ0v) is 7.93. The molecule has 15 heavy (non-hydrogen) atoms. The molecule has 0 fully saturated rings. The van der Waals surface area contributed by atoms with Crippen molar-refractivity contribution in [3.63, 3.8) is 0 Å². The highest BCUT2D eigenvalue weighted by Gasteiger charge is 2.02. The van der Waals surface area contributed by atoms with E-state index < -0.39 is 11.6 Å². The zero-order chi connectivity index (χ0) is 10.7. The summed E-state index contributed by atoms with van der Waals surface area (Å²) in [5, 5.41) is 2.82. The number of hydrogen-bond donors (Lipinski definition) is 2. The van der Waals surface area contributed by atoms with Gasteiger partial charge in [0.1, 0.15) is 11.6 Å². The molecule has 0 saturated heterocycles. The third-order valence-corrected chi connectivity index (χ3v) is 2.07. The van der Waals surface area contributed by atoms with Crippen LogP contribution in [-0.2, 0) is 6.54 Å². The molecule has 0 spiro atoms. The molecule has 2 nitrogen and oxygen atoms in total. The van der Waals surface area contributed by atoms with Crippen molar-refractivity contribution in [1.82, 2.24) is 4.98 Å². The van der Waals surface area contributed by atoms with Crippen molar-refractivity contribution in [3.8, 4) is 0 Å². The maximum absolute atomic E-state index is 13.2. The summed E-state index contributed by atoms with van der Waals surface area (Å²) in [4.78, 5) is 2.88. The summed E-state index contributed by atoms with van der Waals surface area (Å²) in [6, 6.07) is 5.21. The molecule has 2 aromatic rings. The fourth-order valence-electron chi connectivity index (χ4n) is 1.30. The molecule has 0 aliphatic rings. The monoisotopic (exact) mass is 208 g/mol. The fraction of sp³-hybridized carbons (Fsp3) is 0.0909. The van der Waals surface area contributed by atoms with Crippen LogP contribution in [0.2, 0.25) is 0 Å². The van der Waals surface area contributed by atoms with Gasteiger partial charge in [-0.15, -0.1) is 0 Å². The van der Waals surface area contributed by atoms with Gasteiger partial charge in [-0.3, -0.25) is 0 Å². The molecule has 1 heterocycles. The number of H-pyrrole nitrogens is 1. The first-order valence-electron chi connectivity index (χ1n) is 4.56. The van der Waals surface area contributed by atoms with E-state index in [1.165, 1.54) is 0 Å². The zero-order valence-electron chi connectivity index (χ0n) is 7.93. The van der Waals surface area contributed by atoms with E-state index in [9.17, 15) is 8.78 Å². The minimum Gasteiger partial charge on any atom is -0.378 e. The lowest BCUT2D eigenvalue weighted by atomic mass is 10.2. The molecule has 0 aliphatic carbocycles. The Morgan fingerprint density at radius 1 is 1.20 bits per heavy atom. The van der Waals surface area contributed by atoms with Crippen molar-refractivity contribution in [2.24, 2.45) is 0 Å². The van der Waals surface area contributed by atoms with E-state index in [-0.39, 0.29) is 5.69 Å². The number of aromatic nitrogens is 1. The van der Waals surface area contributed by atoms with Gasteiger partial charge in [0, 0.05) is 18.9 Å². The molecule has 0 radical (unpaired) electrons. The highest BCUT2D eigenvalue weighted by atomic mass is 19.1. The Morgan fingerprint density at radius 3 is 2.80 bits per heavy atom. The molecule has 0 aliphatic heterocycles. The topological polar surface area (TPSA) is 27.8 Å². The average Bonchev–Trinajstić information content (AvgIpc) is 2.72. The first-order chi connectivity index (χ1) is 7.25. The van der Waals surface area contributed by atoms with E-state index in [0.29, 0.717) is 6.54 Å². The Bertz CT molecular complexity index is 438. The lowest BCUT2D eigenvalue weighted by Crippen LogP contribution is -2.00. The van der Waals surface area contributed by atoms with Gasteiger partial charge in [0.05, 0.1) is 5.69 Å². The average molecular weight is 208 g/mol. The maximum atomic E-state index is 13.2. The van der Waals surface area contributed by atoms with Gasteiger partial charge in [-0.1, -0.05) is 0 Å². The Morgan fingerprint density at radius 2 is 2.07 bits per heavy atom. The van der Waals surface area contributed by atoms with Gasteiger partial charge in [0.15, 0.2) is 0 Å². The normalized spacial score (nSPS) is 10.3. The molecule has 0 bridgehead atoms. The lowest BCUT2D eigenvalue weighted by Gasteiger charge is -2.05. The number of hydrogen-bond acceptors (Lipinski definition) is 1. The summed E-state index contributed by atoms with van der Waals surface area (Å²) in [6.45, 7) is 0.462. The van der Waals surface area contributed by atoms with Crippen LogP contribution in [0.3, 0.4) is 0 Å². The summed E-state index contributed by atoms with van der Waals surface area (Å²) < 4.78 is 26.0. The quantitative estimate of drug-likeness (QED) is 0.797. The van der Waals surface area contributed by atoms with Crippen molar-refractivity contribution < 1.29 is 8.78 Å². The van der Waals surface area contributed by atoms with E-state index in [2.05, 4.69) is 10.3 Å². The van der Waals surface area contributed by atoms with Crippen LogP contribution in [0.25, 0.3) is 0 Å². The minimum absolute atomic E-state index is 0.177. The summed E-state index contributed by atoms with van der Waals surface area (Å²) in [6.07, 6.45) is 3.57. The standard InChI is InChI=1S/C11H10F2N2/c12-9-1-2-10(13)11(5-9)15-7-8-3-4-14-6-8/h1-6,14-15H,7H2. The van der Waals surface area contributed by atoms with Crippen molar-refractivity contribution in [1.29, 1.82) is 0 Å². The van der Waals surface area contributed by atoms with Gasteiger partial charge in [0.2, 0.25) is 0 Å². The van der Waals surface area contributed by atoms with Crippen LogP contribution in [0, 0.1) is 11.6 Å². The Hall–Kier alpha value is -1.84. The summed E-state index contributed by atoms with van der Waals surface area (Å²) in [5.74, 6) is -0.903. The summed E-state index contributed by atoms with van der Waals surface area (Å²) >= 11 is 0. The Balaban J connectivity index is 2.07. The number of nitrogens with one attached hydrogen (secondary N) is 2. The molecule has 0 atom stereocenters. The number of anilines is 1. The van der Waals surface area contributed by atoms with Gasteiger partial charge < -0.3 is 10.3 Å². The predicted molar refractivity (Wildman–Crippen MR) is 54.5 cm³/mol. The number of aromatic amines is 1. The summed E-state index contributed by atoms with van der Waals surface area (Å²) in [7, 11) is 0. The van der Waals surface area contributed by atoms with E-state index in [1.54, 1.807) is 12.4 Å². The van der Waals surface area contributed by atoms with Crippen molar-refractivity contribution in [3.05, 3.63) is 53.9 Å². The largest absolute Gasteiger partial charge is 0.378 e. The third-order valence-electron chi connectivity index (χ3n) is 2.07. The minimum atomic E-state index is -0.452. The SMILES string of the molecule is Fc1ccc(F)c(NCc2cc[nH]c2)c1. The molecule has 0 amide bonds. The molecule has 2 rings (SSSR count). The van der Waals surface area contributed by atoms with Crippen LogP contribution in [0.1, 0.15) is 5.56 Å². The van der Waals surface area contributed by atoms with Gasteiger partial charge >= 0.3 is 0 Å². The number of rotatable bonds is 3. The number of halogens is 2. The highest BCUT2D eigenvalue weighted by molar-refractivity contribution is 5.45. The van der Waals surface area contributed by atoms with Crippen molar-refractivity contribution in [2.75, 3.05) is 5.32 Å². The molecular weight excluding hydrogens is 198 g/mol. The molecule has 1 aromatic heterocycles. The predicted octanol–water partition coefficient (Wildman–Crippen LogP) is 2.91. The van der Waals surface area contributed by atoms with E-state index >= 15 is 0 Å². The molecule has 78 valence electrons. The van der Waals surface area contributed by atoms with Crippen LogP contribution < -0.4 is 5.32 Å². The van der Waals surface area contributed by atoms with Crippen LogP contribution in [0.4, 0.5) is 14.5 Å². The first kappa shape index (κ1) is 9.71. The lowest BCUT2D eigenvalue weighted by molar-refractivity contribution is 0.602. The van der Waals surface area contributed by atoms with Crippen LogP contribution in [0.5, 0.6) is 0 Å². The molecule has 2 N–H and O–H groups in total. The van der Waals surface area contributed by atoms with E-state index in [0.717, 1.165) is 23.8 Å². The smallest absolute Gasteiger partial charge is 0.146 e. The van der Waals surface area contributed by atoms with Crippen LogP contribution >= 0.6 is 0 Å². The van der Waals surface area contributed by atoms with E-state index in [1.807, 2.05) is 6.07 Å². The molecule has 4 heteroatoms. The van der Waals surface area contributed by atoms with Gasteiger partial charge in [-0.05, 0) is 29.8 Å². The Kier molecular flexibility index (Phi) is 2.67. The highest BCUT2D eigenvalue weighted by Crippen LogP contribution is 2.16. The van der Waals surface area contributed by atoms with Crippen molar-refractivity contribution >= 4 is 5.69 Å². The maximum Gasteiger partial charge on any atom is 0.146 e. The molecule has 0 unspecified atom stereocenters. The van der Waals surface area contributed by atoms with Gasteiger partial charge in [-0.25, -0.2) is 8.78 Å². The van der Waals surface area contributed by atoms with E-state index in [4.69, 9.17) is 0 Å². The molecular formula is C11H10F2N2. The van der Waals surface area contributed by atoms with Crippen LogP contribution in [-0.4, -0.2) is 4.98 Å². The third kappa shape index (κ3) is 2.34. The first-order valence-corrected chi connectivity index (χ1v) is 4.56. The molecule has 1 aromatic carbocycles. The van der Waals surface area contributed by atoms with Gasteiger partial charge in [0.25, 0.3) is 0 Å².